The third-order valence-electron chi connectivity index (χ3n) is 3.68. The van der Waals surface area contributed by atoms with Gasteiger partial charge in [-0.05, 0) is 31.2 Å². The molecule has 0 aromatic carbocycles. The number of amides is 1. The van der Waals surface area contributed by atoms with Crippen molar-refractivity contribution in [2.75, 3.05) is 19.6 Å². The van der Waals surface area contributed by atoms with Gasteiger partial charge < -0.3 is 10.6 Å². The summed E-state index contributed by atoms with van der Waals surface area (Å²) in [6, 6.07) is 0. The zero-order chi connectivity index (χ0) is 10.0. The first-order valence-electron chi connectivity index (χ1n) is 5.68. The summed E-state index contributed by atoms with van der Waals surface area (Å²) in [7, 11) is 0. The van der Waals surface area contributed by atoms with Gasteiger partial charge in [0.15, 0.2) is 0 Å². The van der Waals surface area contributed by atoms with Crippen molar-refractivity contribution in [2.45, 2.75) is 32.6 Å². The summed E-state index contributed by atoms with van der Waals surface area (Å²) < 4.78 is 0. The van der Waals surface area contributed by atoms with Crippen molar-refractivity contribution in [3.63, 3.8) is 0 Å². The van der Waals surface area contributed by atoms with Crippen LogP contribution in [0.25, 0.3) is 0 Å². The van der Waals surface area contributed by atoms with E-state index in [1.54, 1.807) is 0 Å². The van der Waals surface area contributed by atoms with E-state index in [1.807, 2.05) is 0 Å². The van der Waals surface area contributed by atoms with Crippen molar-refractivity contribution in [1.82, 2.24) is 10.6 Å². The number of rotatable bonds is 3. The summed E-state index contributed by atoms with van der Waals surface area (Å²) in [5.41, 5.74) is 0.404. The quantitative estimate of drug-likeness (QED) is 0.704. The third kappa shape index (κ3) is 2.08. The predicted octanol–water partition coefficient (Wildman–Crippen LogP) is 0.902. The minimum Gasteiger partial charge on any atom is -0.355 e. The van der Waals surface area contributed by atoms with Crippen molar-refractivity contribution in [3.8, 4) is 0 Å². The first-order valence-corrected chi connectivity index (χ1v) is 5.68. The lowest BCUT2D eigenvalue weighted by Crippen LogP contribution is -2.42. The molecule has 1 saturated heterocycles. The molecule has 1 atom stereocenters. The fourth-order valence-electron chi connectivity index (χ4n) is 2.28. The van der Waals surface area contributed by atoms with Crippen LogP contribution in [0, 0.1) is 11.3 Å². The van der Waals surface area contributed by atoms with Gasteiger partial charge in [0.05, 0.1) is 5.92 Å². The second kappa shape index (κ2) is 3.89. The van der Waals surface area contributed by atoms with E-state index in [0.29, 0.717) is 5.41 Å². The number of carbonyl (C=O) groups is 1. The van der Waals surface area contributed by atoms with Crippen LogP contribution >= 0.6 is 0 Å². The van der Waals surface area contributed by atoms with Crippen LogP contribution in [-0.2, 0) is 4.79 Å². The van der Waals surface area contributed by atoms with Gasteiger partial charge in [-0.3, -0.25) is 4.79 Å². The second-order valence-corrected chi connectivity index (χ2v) is 5.07. The fraction of sp³-hybridized carbons (Fsp3) is 0.909. The SMILES string of the molecule is CC1(CNC(=O)C2CCNC2)CCC1. The summed E-state index contributed by atoms with van der Waals surface area (Å²) in [5.74, 6) is 0.474. The van der Waals surface area contributed by atoms with Crippen LogP contribution in [-0.4, -0.2) is 25.5 Å². The molecular formula is C11H20N2O. The highest BCUT2D eigenvalue weighted by molar-refractivity contribution is 5.79. The van der Waals surface area contributed by atoms with Gasteiger partial charge in [0.1, 0.15) is 0 Å². The maximum Gasteiger partial charge on any atom is 0.224 e. The summed E-state index contributed by atoms with van der Waals surface area (Å²) in [6.07, 6.45) is 4.88. The summed E-state index contributed by atoms with van der Waals surface area (Å²) in [5, 5.41) is 6.31. The standard InChI is InChI=1S/C11H20N2O/c1-11(4-2-5-11)8-13-10(14)9-3-6-12-7-9/h9,12H,2-8H2,1H3,(H,13,14). The van der Waals surface area contributed by atoms with E-state index in [2.05, 4.69) is 17.6 Å². The molecule has 0 radical (unpaired) electrons. The minimum absolute atomic E-state index is 0.221. The molecule has 2 fully saturated rings. The van der Waals surface area contributed by atoms with Crippen LogP contribution in [0.15, 0.2) is 0 Å². The lowest BCUT2D eigenvalue weighted by molar-refractivity contribution is -0.125. The maximum atomic E-state index is 11.7. The van der Waals surface area contributed by atoms with E-state index in [1.165, 1.54) is 19.3 Å². The average molecular weight is 196 g/mol. The molecule has 0 aromatic rings. The molecule has 2 rings (SSSR count). The number of hydrogen-bond donors (Lipinski definition) is 2. The van der Waals surface area contributed by atoms with Gasteiger partial charge >= 0.3 is 0 Å². The molecule has 14 heavy (non-hydrogen) atoms. The van der Waals surface area contributed by atoms with E-state index in [0.717, 1.165) is 26.1 Å². The van der Waals surface area contributed by atoms with Crippen molar-refractivity contribution in [1.29, 1.82) is 0 Å². The van der Waals surface area contributed by atoms with Crippen LogP contribution < -0.4 is 10.6 Å². The molecule has 80 valence electrons. The Morgan fingerprint density at radius 2 is 2.36 bits per heavy atom. The molecule has 1 aliphatic heterocycles. The van der Waals surface area contributed by atoms with Crippen molar-refractivity contribution in [2.24, 2.45) is 11.3 Å². The summed E-state index contributed by atoms with van der Waals surface area (Å²) in [4.78, 5) is 11.7. The van der Waals surface area contributed by atoms with Gasteiger partial charge in [0.2, 0.25) is 5.91 Å². The molecule has 1 unspecified atom stereocenters. The molecule has 1 amide bonds. The van der Waals surface area contributed by atoms with Gasteiger partial charge in [0.25, 0.3) is 0 Å². The normalized spacial score (nSPS) is 29.6. The van der Waals surface area contributed by atoms with Gasteiger partial charge in [-0.25, -0.2) is 0 Å². The van der Waals surface area contributed by atoms with Crippen molar-refractivity contribution >= 4 is 5.91 Å². The molecule has 2 N–H and O–H groups in total. The summed E-state index contributed by atoms with van der Waals surface area (Å²) >= 11 is 0. The molecule has 3 heteroatoms. The van der Waals surface area contributed by atoms with Crippen molar-refractivity contribution in [3.05, 3.63) is 0 Å². The topological polar surface area (TPSA) is 41.1 Å². The molecule has 1 saturated carbocycles. The largest absolute Gasteiger partial charge is 0.355 e. The molecule has 0 bridgehead atoms. The Balaban J connectivity index is 1.71. The van der Waals surface area contributed by atoms with E-state index >= 15 is 0 Å². The highest BCUT2D eigenvalue weighted by Gasteiger charge is 2.32. The molecule has 2 aliphatic rings. The average Bonchev–Trinajstić information content (AvgIpc) is 2.63. The Kier molecular flexibility index (Phi) is 2.77. The predicted molar refractivity (Wildman–Crippen MR) is 55.9 cm³/mol. The Bertz CT molecular complexity index is 217. The molecule has 1 aliphatic carbocycles. The minimum atomic E-state index is 0.221. The Hall–Kier alpha value is -0.570. The Morgan fingerprint density at radius 1 is 1.57 bits per heavy atom. The van der Waals surface area contributed by atoms with Gasteiger partial charge in [-0.15, -0.1) is 0 Å². The summed E-state index contributed by atoms with van der Waals surface area (Å²) in [6.45, 7) is 5.00. The lowest BCUT2D eigenvalue weighted by atomic mass is 9.70. The van der Waals surface area contributed by atoms with Crippen LogP contribution in [0.5, 0.6) is 0 Å². The van der Waals surface area contributed by atoms with Gasteiger partial charge in [-0.1, -0.05) is 13.3 Å². The molecule has 0 spiro atoms. The van der Waals surface area contributed by atoms with Crippen LogP contribution in [0.4, 0.5) is 0 Å². The zero-order valence-electron chi connectivity index (χ0n) is 8.94. The molecule has 1 heterocycles. The lowest BCUT2D eigenvalue weighted by Gasteiger charge is -2.38. The first-order chi connectivity index (χ1) is 6.70. The monoisotopic (exact) mass is 196 g/mol. The van der Waals surface area contributed by atoms with E-state index in [4.69, 9.17) is 0 Å². The maximum absolute atomic E-state index is 11.7. The number of hydrogen-bond acceptors (Lipinski definition) is 2. The van der Waals surface area contributed by atoms with E-state index < -0.39 is 0 Å². The smallest absolute Gasteiger partial charge is 0.224 e. The van der Waals surface area contributed by atoms with Gasteiger partial charge in [0, 0.05) is 13.1 Å². The number of carbonyl (C=O) groups excluding carboxylic acids is 1. The van der Waals surface area contributed by atoms with E-state index in [-0.39, 0.29) is 11.8 Å². The van der Waals surface area contributed by atoms with Gasteiger partial charge in [-0.2, -0.15) is 0 Å². The highest BCUT2D eigenvalue weighted by atomic mass is 16.1. The van der Waals surface area contributed by atoms with E-state index in [9.17, 15) is 4.79 Å². The Labute approximate surface area is 85.6 Å². The Morgan fingerprint density at radius 3 is 2.86 bits per heavy atom. The number of nitrogens with one attached hydrogen (secondary N) is 2. The molecule has 0 aromatic heterocycles. The van der Waals surface area contributed by atoms with Crippen molar-refractivity contribution < 1.29 is 4.79 Å². The molecular weight excluding hydrogens is 176 g/mol. The van der Waals surface area contributed by atoms with Crippen LogP contribution in [0.2, 0.25) is 0 Å². The van der Waals surface area contributed by atoms with Crippen LogP contribution in [0.1, 0.15) is 32.6 Å². The highest BCUT2D eigenvalue weighted by Crippen LogP contribution is 2.39. The second-order valence-electron chi connectivity index (χ2n) is 5.07. The first kappa shape index (κ1) is 9.97. The zero-order valence-corrected chi connectivity index (χ0v) is 8.94. The molecule has 3 nitrogen and oxygen atoms in total. The van der Waals surface area contributed by atoms with Crippen LogP contribution in [0.3, 0.4) is 0 Å². The third-order valence-corrected chi connectivity index (χ3v) is 3.68. The fourth-order valence-corrected chi connectivity index (χ4v) is 2.28.